The molecule has 0 saturated carbocycles. The highest BCUT2D eigenvalue weighted by Crippen LogP contribution is 2.10. The molecule has 0 aliphatic rings. The second-order valence-electron chi connectivity index (χ2n) is 3.37. The number of hydrogen-bond acceptors (Lipinski definition) is 4. The molecule has 0 radical (unpaired) electrons. The Morgan fingerprint density at radius 2 is 1.33 bits per heavy atom. The van der Waals surface area contributed by atoms with Crippen molar-refractivity contribution in [1.82, 2.24) is 0 Å². The van der Waals surface area contributed by atoms with Crippen LogP contribution < -0.4 is 0 Å². The second-order valence-corrected chi connectivity index (χ2v) is 3.37. The molecule has 0 aromatic carbocycles. The lowest BCUT2D eigenvalue weighted by atomic mass is 9.97. The molecule has 0 aromatic heterocycles. The van der Waals surface area contributed by atoms with E-state index in [0.29, 0.717) is 6.42 Å². The second kappa shape index (κ2) is 7.49. The molecule has 0 bridgehead atoms. The summed E-state index contributed by atoms with van der Waals surface area (Å²) < 4.78 is 0. The molecule has 0 aliphatic heterocycles. The first-order valence-electron chi connectivity index (χ1n) is 3.97. The first kappa shape index (κ1) is 14.4. The van der Waals surface area contributed by atoms with E-state index in [1.54, 1.807) is 20.8 Å². The predicted molar refractivity (Wildman–Crippen MR) is 46.5 cm³/mol. The van der Waals surface area contributed by atoms with Gasteiger partial charge in [-0.15, -0.1) is 0 Å². The summed E-state index contributed by atoms with van der Waals surface area (Å²) in [5, 5.41) is 32.7. The van der Waals surface area contributed by atoms with Gasteiger partial charge >= 0.3 is 0 Å². The van der Waals surface area contributed by atoms with Gasteiger partial charge < -0.3 is 20.4 Å². The third kappa shape index (κ3) is 12.5. The SMILES string of the molecule is CC(C)(CO)CO.CCC(O)O. The van der Waals surface area contributed by atoms with Gasteiger partial charge in [0.1, 0.15) is 0 Å². The van der Waals surface area contributed by atoms with Crippen LogP contribution in [-0.2, 0) is 0 Å². The summed E-state index contributed by atoms with van der Waals surface area (Å²) in [5.74, 6) is 0. The molecule has 0 heterocycles. The molecule has 4 heteroatoms. The molecule has 0 aromatic rings. The van der Waals surface area contributed by atoms with Crippen LogP contribution in [0.3, 0.4) is 0 Å². The standard InChI is InChI=1S/C5H12O2.C3H8O2/c1-5(2,3-6)4-7;1-2-3(4)5/h6-7H,3-4H2,1-2H3;3-5H,2H2,1H3. The molecular weight excluding hydrogens is 160 g/mol. The lowest BCUT2D eigenvalue weighted by molar-refractivity contribution is -0.0413. The Labute approximate surface area is 73.5 Å². The normalized spacial score (nSPS) is 11.0. The van der Waals surface area contributed by atoms with Gasteiger partial charge in [0.25, 0.3) is 0 Å². The Kier molecular flexibility index (Phi) is 8.97. The minimum atomic E-state index is -1.12. The lowest BCUT2D eigenvalue weighted by Crippen LogP contribution is -2.20. The molecule has 0 unspecified atom stereocenters. The van der Waals surface area contributed by atoms with Crippen molar-refractivity contribution in [2.75, 3.05) is 13.2 Å². The minimum absolute atomic E-state index is 0.0451. The van der Waals surface area contributed by atoms with Gasteiger partial charge in [0.15, 0.2) is 6.29 Å². The van der Waals surface area contributed by atoms with E-state index in [0.717, 1.165) is 0 Å². The monoisotopic (exact) mass is 180 g/mol. The van der Waals surface area contributed by atoms with E-state index in [-0.39, 0.29) is 18.6 Å². The summed E-state index contributed by atoms with van der Waals surface area (Å²) in [6.07, 6.45) is -0.699. The highest BCUT2D eigenvalue weighted by atomic mass is 16.5. The minimum Gasteiger partial charge on any atom is -0.396 e. The van der Waals surface area contributed by atoms with Crippen molar-refractivity contribution >= 4 is 0 Å². The molecule has 76 valence electrons. The maximum absolute atomic E-state index is 8.43. The van der Waals surface area contributed by atoms with Crippen LogP contribution in [0.25, 0.3) is 0 Å². The van der Waals surface area contributed by atoms with Crippen LogP contribution in [0, 0.1) is 5.41 Å². The molecule has 4 nitrogen and oxygen atoms in total. The van der Waals surface area contributed by atoms with Gasteiger partial charge in [-0.05, 0) is 6.42 Å². The molecule has 0 atom stereocenters. The van der Waals surface area contributed by atoms with Gasteiger partial charge in [0, 0.05) is 5.41 Å². The van der Waals surface area contributed by atoms with Crippen LogP contribution in [0.4, 0.5) is 0 Å². The summed E-state index contributed by atoms with van der Waals surface area (Å²) in [6.45, 7) is 5.39. The Balaban J connectivity index is 0. The van der Waals surface area contributed by atoms with E-state index in [1.807, 2.05) is 0 Å². The Hall–Kier alpha value is -0.160. The average Bonchev–Trinajstić information content (AvgIpc) is 2.05. The maximum Gasteiger partial charge on any atom is 0.151 e. The molecule has 0 saturated heterocycles. The molecular formula is C8H20O4. The smallest absolute Gasteiger partial charge is 0.151 e. The van der Waals surface area contributed by atoms with Crippen LogP contribution in [-0.4, -0.2) is 39.9 Å². The van der Waals surface area contributed by atoms with E-state index in [4.69, 9.17) is 20.4 Å². The largest absolute Gasteiger partial charge is 0.396 e. The van der Waals surface area contributed by atoms with Crippen LogP contribution in [0.5, 0.6) is 0 Å². The topological polar surface area (TPSA) is 80.9 Å². The van der Waals surface area contributed by atoms with E-state index >= 15 is 0 Å². The van der Waals surface area contributed by atoms with E-state index in [1.165, 1.54) is 0 Å². The molecule has 0 fully saturated rings. The van der Waals surface area contributed by atoms with Crippen molar-refractivity contribution in [2.24, 2.45) is 5.41 Å². The molecule has 0 spiro atoms. The highest BCUT2D eigenvalue weighted by Gasteiger charge is 2.13. The van der Waals surface area contributed by atoms with Crippen molar-refractivity contribution in [3.63, 3.8) is 0 Å². The van der Waals surface area contributed by atoms with Gasteiger partial charge in [-0.2, -0.15) is 0 Å². The van der Waals surface area contributed by atoms with E-state index in [9.17, 15) is 0 Å². The fourth-order valence-corrected chi connectivity index (χ4v) is 0.0500. The van der Waals surface area contributed by atoms with Crippen LogP contribution in [0.15, 0.2) is 0 Å². The number of hydrogen-bond donors (Lipinski definition) is 4. The molecule has 4 N–H and O–H groups in total. The molecule has 0 rings (SSSR count). The molecule has 0 amide bonds. The summed E-state index contributed by atoms with van der Waals surface area (Å²) in [5.41, 5.74) is -0.306. The third-order valence-electron chi connectivity index (χ3n) is 1.22. The van der Waals surface area contributed by atoms with Crippen molar-refractivity contribution in [3.05, 3.63) is 0 Å². The van der Waals surface area contributed by atoms with Crippen molar-refractivity contribution in [2.45, 2.75) is 33.5 Å². The van der Waals surface area contributed by atoms with E-state index in [2.05, 4.69) is 0 Å². The van der Waals surface area contributed by atoms with Gasteiger partial charge in [-0.25, -0.2) is 0 Å². The number of aliphatic hydroxyl groups excluding tert-OH is 3. The highest BCUT2D eigenvalue weighted by molar-refractivity contribution is 4.62. The van der Waals surface area contributed by atoms with Crippen molar-refractivity contribution in [3.8, 4) is 0 Å². The van der Waals surface area contributed by atoms with Crippen molar-refractivity contribution in [1.29, 1.82) is 0 Å². The zero-order valence-corrected chi connectivity index (χ0v) is 7.99. The quantitative estimate of drug-likeness (QED) is 0.450. The Bertz CT molecular complexity index is 85.1. The van der Waals surface area contributed by atoms with Crippen LogP contribution >= 0.6 is 0 Å². The zero-order valence-electron chi connectivity index (χ0n) is 7.99. The van der Waals surface area contributed by atoms with Gasteiger partial charge in [-0.1, -0.05) is 20.8 Å². The van der Waals surface area contributed by atoms with Crippen molar-refractivity contribution < 1.29 is 20.4 Å². The summed E-state index contributed by atoms with van der Waals surface area (Å²) >= 11 is 0. The molecule has 12 heavy (non-hydrogen) atoms. The van der Waals surface area contributed by atoms with Gasteiger partial charge in [0.2, 0.25) is 0 Å². The average molecular weight is 180 g/mol. The Morgan fingerprint density at radius 1 is 1.08 bits per heavy atom. The number of aliphatic hydroxyl groups is 4. The fraction of sp³-hybridized carbons (Fsp3) is 1.00. The fourth-order valence-electron chi connectivity index (χ4n) is 0.0500. The zero-order chi connectivity index (χ0) is 10.2. The lowest BCUT2D eigenvalue weighted by Gasteiger charge is -2.16. The van der Waals surface area contributed by atoms with E-state index < -0.39 is 6.29 Å². The maximum atomic E-state index is 8.43. The van der Waals surface area contributed by atoms with Crippen LogP contribution in [0.2, 0.25) is 0 Å². The first-order valence-corrected chi connectivity index (χ1v) is 3.97. The first-order chi connectivity index (χ1) is 5.39. The van der Waals surface area contributed by atoms with Gasteiger partial charge in [0.05, 0.1) is 13.2 Å². The van der Waals surface area contributed by atoms with Crippen LogP contribution in [0.1, 0.15) is 27.2 Å². The molecule has 0 aliphatic carbocycles. The Morgan fingerprint density at radius 3 is 1.33 bits per heavy atom. The van der Waals surface area contributed by atoms with Gasteiger partial charge in [-0.3, -0.25) is 0 Å². The third-order valence-corrected chi connectivity index (χ3v) is 1.22. The summed E-state index contributed by atoms with van der Waals surface area (Å²) in [4.78, 5) is 0. The number of rotatable bonds is 3. The summed E-state index contributed by atoms with van der Waals surface area (Å²) in [6, 6.07) is 0. The predicted octanol–water partition coefficient (Wildman–Crippen LogP) is -0.296. The summed E-state index contributed by atoms with van der Waals surface area (Å²) in [7, 11) is 0.